The average molecular weight is 580 g/mol. The maximum Gasteiger partial charge on any atom is 0.311 e. The van der Waals surface area contributed by atoms with Crippen molar-refractivity contribution in [1.82, 2.24) is 34.9 Å². The Morgan fingerprint density at radius 2 is 1.83 bits per heavy atom. The molecule has 2 bridgehead atoms. The molecule has 0 atom stereocenters. The molecule has 0 radical (unpaired) electrons. The number of hydrogen-bond acceptors (Lipinski definition) is 7. The zero-order valence-electron chi connectivity index (χ0n) is 24.0. The molecule has 1 fully saturated rings. The number of hydrogen-bond donors (Lipinski definition) is 3. The number of aromatic nitrogens is 4. The first-order valence-corrected chi connectivity index (χ1v) is 13.8. The van der Waals surface area contributed by atoms with Gasteiger partial charge in [-0.15, -0.1) is 0 Å². The topological polar surface area (TPSA) is 151 Å². The SMILES string of the molecule is Cc1nn(C)c(C)c1CN(C)C(=O)C(=O)NC12CCC(CC1)Cn1c2nc(C(=O)NCc2ccc(F)cc2)c(O)c1=O. The third-order valence-corrected chi connectivity index (χ3v) is 8.50. The van der Waals surface area contributed by atoms with Crippen molar-refractivity contribution in [3.05, 3.63) is 74.5 Å². The van der Waals surface area contributed by atoms with Crippen molar-refractivity contribution in [2.24, 2.45) is 13.0 Å². The molecule has 2 aromatic heterocycles. The van der Waals surface area contributed by atoms with Crippen LogP contribution in [0.1, 0.15) is 64.5 Å². The summed E-state index contributed by atoms with van der Waals surface area (Å²) in [6, 6.07) is 5.52. The molecule has 3 aromatic rings. The lowest BCUT2D eigenvalue weighted by Gasteiger charge is -2.37. The molecule has 2 aliphatic heterocycles. The molecule has 1 aliphatic carbocycles. The number of rotatable bonds is 6. The highest BCUT2D eigenvalue weighted by atomic mass is 19.1. The summed E-state index contributed by atoms with van der Waals surface area (Å²) in [7, 11) is 3.34. The molecule has 0 saturated heterocycles. The number of benzene rings is 1. The Morgan fingerprint density at radius 1 is 1.17 bits per heavy atom. The highest BCUT2D eigenvalue weighted by Crippen LogP contribution is 2.43. The summed E-state index contributed by atoms with van der Waals surface area (Å²) in [6.07, 6.45) is 2.15. The second-order valence-corrected chi connectivity index (χ2v) is 11.3. The van der Waals surface area contributed by atoms with E-state index in [0.29, 0.717) is 31.2 Å². The van der Waals surface area contributed by atoms with Crippen molar-refractivity contribution < 1.29 is 23.9 Å². The summed E-state index contributed by atoms with van der Waals surface area (Å²) in [5, 5.41) is 20.5. The fourth-order valence-electron chi connectivity index (χ4n) is 5.92. The number of nitrogens with one attached hydrogen (secondary N) is 2. The monoisotopic (exact) mass is 579 g/mol. The smallest absolute Gasteiger partial charge is 0.311 e. The Balaban J connectivity index is 1.42. The van der Waals surface area contributed by atoms with Crippen LogP contribution >= 0.6 is 0 Å². The van der Waals surface area contributed by atoms with E-state index in [0.717, 1.165) is 17.0 Å². The quantitative estimate of drug-likeness (QED) is 0.375. The molecule has 6 rings (SSSR count). The van der Waals surface area contributed by atoms with Gasteiger partial charge < -0.3 is 20.6 Å². The first-order valence-electron chi connectivity index (χ1n) is 13.8. The van der Waals surface area contributed by atoms with E-state index < -0.39 is 46.1 Å². The van der Waals surface area contributed by atoms with Crippen molar-refractivity contribution in [2.45, 2.75) is 64.7 Å². The highest BCUT2D eigenvalue weighted by Gasteiger charge is 2.47. The van der Waals surface area contributed by atoms with Gasteiger partial charge in [0.15, 0.2) is 5.69 Å². The number of aromatic hydroxyl groups is 1. The Kier molecular flexibility index (Phi) is 7.60. The van der Waals surface area contributed by atoms with Gasteiger partial charge in [0, 0.05) is 45.0 Å². The number of carbonyl (C=O) groups is 3. The summed E-state index contributed by atoms with van der Waals surface area (Å²) in [4.78, 5) is 58.8. The standard InChI is InChI=1S/C29H34FN7O5/c1-16-21(17(2)36(4)34-16)15-35(3)27(42)25(40)33-29-11-9-19(10-12-29)14-37-26(41)23(38)22(32-28(29)37)24(39)31-13-18-5-7-20(30)8-6-18/h5-8,19,38H,9-15H2,1-4H3,(H,31,39)(H,33,40). The van der Waals surface area contributed by atoms with Crippen LogP contribution in [-0.2, 0) is 41.8 Å². The van der Waals surface area contributed by atoms with E-state index in [9.17, 15) is 28.7 Å². The second-order valence-electron chi connectivity index (χ2n) is 11.3. The lowest BCUT2D eigenvalue weighted by Crippen LogP contribution is -2.53. The second kappa shape index (κ2) is 11.0. The fourth-order valence-corrected chi connectivity index (χ4v) is 5.92. The van der Waals surface area contributed by atoms with Gasteiger partial charge in [-0.3, -0.25) is 28.4 Å². The Labute approximate surface area is 241 Å². The highest BCUT2D eigenvalue weighted by molar-refractivity contribution is 6.35. The van der Waals surface area contributed by atoms with Crippen molar-refractivity contribution in [1.29, 1.82) is 0 Å². The van der Waals surface area contributed by atoms with Crippen molar-refractivity contribution in [2.75, 3.05) is 7.05 Å². The summed E-state index contributed by atoms with van der Waals surface area (Å²) in [5.41, 5.74) is 0.661. The average Bonchev–Trinajstić information content (AvgIpc) is 3.09. The van der Waals surface area contributed by atoms with Crippen molar-refractivity contribution in [3.63, 3.8) is 0 Å². The van der Waals surface area contributed by atoms with Gasteiger partial charge in [0.2, 0.25) is 5.75 Å². The third kappa shape index (κ3) is 5.26. The number of carbonyl (C=O) groups excluding carboxylic acids is 3. The van der Waals surface area contributed by atoms with E-state index in [1.807, 2.05) is 20.9 Å². The normalized spacial score (nSPS) is 19.1. The van der Waals surface area contributed by atoms with E-state index in [-0.39, 0.29) is 31.4 Å². The van der Waals surface area contributed by atoms with E-state index in [1.54, 1.807) is 4.68 Å². The number of aryl methyl sites for hydroxylation is 2. The molecule has 3 aliphatic rings. The third-order valence-electron chi connectivity index (χ3n) is 8.50. The van der Waals surface area contributed by atoms with Gasteiger partial charge in [-0.25, -0.2) is 9.37 Å². The molecular formula is C29H34FN7O5. The Bertz CT molecular complexity index is 1620. The van der Waals surface area contributed by atoms with Gasteiger partial charge in [0.05, 0.1) is 11.2 Å². The maximum atomic E-state index is 13.4. The van der Waals surface area contributed by atoms with Gasteiger partial charge >= 0.3 is 11.8 Å². The summed E-state index contributed by atoms with van der Waals surface area (Å²) in [5.74, 6) is -3.37. The number of amides is 3. The molecular weight excluding hydrogens is 545 g/mol. The summed E-state index contributed by atoms with van der Waals surface area (Å²) in [6.45, 7) is 4.20. The molecule has 222 valence electrons. The molecule has 4 heterocycles. The number of halogens is 1. The zero-order valence-corrected chi connectivity index (χ0v) is 24.0. The molecule has 0 spiro atoms. The molecule has 0 unspecified atom stereocenters. The molecule has 1 saturated carbocycles. The van der Waals surface area contributed by atoms with E-state index >= 15 is 0 Å². The van der Waals surface area contributed by atoms with Crippen molar-refractivity contribution in [3.8, 4) is 5.75 Å². The minimum Gasteiger partial charge on any atom is -0.501 e. The van der Waals surface area contributed by atoms with Crippen LogP contribution < -0.4 is 16.2 Å². The van der Waals surface area contributed by atoms with Crippen LogP contribution in [0.15, 0.2) is 29.1 Å². The van der Waals surface area contributed by atoms with Crippen LogP contribution in [-0.4, -0.2) is 54.1 Å². The molecule has 42 heavy (non-hydrogen) atoms. The van der Waals surface area contributed by atoms with Crippen LogP contribution in [0.5, 0.6) is 5.75 Å². The summed E-state index contributed by atoms with van der Waals surface area (Å²) >= 11 is 0. The molecule has 3 amide bonds. The maximum absolute atomic E-state index is 13.4. The fraction of sp³-hybridized carbons (Fsp3) is 0.448. The van der Waals surface area contributed by atoms with Crippen LogP contribution in [0.25, 0.3) is 0 Å². The van der Waals surface area contributed by atoms with E-state index in [1.165, 1.54) is 40.8 Å². The summed E-state index contributed by atoms with van der Waals surface area (Å²) < 4.78 is 16.3. The minimum atomic E-state index is -1.18. The van der Waals surface area contributed by atoms with Crippen LogP contribution in [0, 0.1) is 25.6 Å². The van der Waals surface area contributed by atoms with Gasteiger partial charge in [-0.05, 0) is 63.1 Å². The first kappa shape index (κ1) is 29.0. The first-order chi connectivity index (χ1) is 19.9. The predicted octanol–water partition coefficient (Wildman–Crippen LogP) is 1.54. The number of fused-ring (bicyclic) bond motifs is 2. The van der Waals surface area contributed by atoms with E-state index in [4.69, 9.17) is 0 Å². The number of nitrogens with zero attached hydrogens (tertiary/aromatic N) is 5. The van der Waals surface area contributed by atoms with Gasteiger partial charge in [-0.2, -0.15) is 5.10 Å². The predicted molar refractivity (Wildman–Crippen MR) is 149 cm³/mol. The van der Waals surface area contributed by atoms with Gasteiger partial charge in [0.25, 0.3) is 11.5 Å². The van der Waals surface area contributed by atoms with Gasteiger partial charge in [0.1, 0.15) is 11.6 Å². The van der Waals surface area contributed by atoms with Crippen LogP contribution in [0.2, 0.25) is 0 Å². The zero-order chi connectivity index (χ0) is 30.3. The Morgan fingerprint density at radius 3 is 2.45 bits per heavy atom. The lowest BCUT2D eigenvalue weighted by molar-refractivity contribution is -0.146. The molecule has 12 nitrogen and oxygen atoms in total. The van der Waals surface area contributed by atoms with Gasteiger partial charge in [-0.1, -0.05) is 12.1 Å². The molecule has 3 N–H and O–H groups in total. The van der Waals surface area contributed by atoms with E-state index in [2.05, 4.69) is 20.7 Å². The minimum absolute atomic E-state index is 0.0132. The Hall–Kier alpha value is -4.55. The van der Waals surface area contributed by atoms with Crippen molar-refractivity contribution >= 4 is 17.7 Å². The molecule has 1 aromatic carbocycles. The lowest BCUT2D eigenvalue weighted by atomic mass is 9.77. The van der Waals surface area contributed by atoms with Crippen LogP contribution in [0.3, 0.4) is 0 Å². The largest absolute Gasteiger partial charge is 0.501 e. The van der Waals surface area contributed by atoms with Crippen LogP contribution in [0.4, 0.5) is 4.39 Å². The molecule has 13 heteroatoms. The number of likely N-dealkylation sites (N-methyl/N-ethyl adjacent to an activating group) is 1.